The van der Waals surface area contributed by atoms with Crippen molar-refractivity contribution in [2.45, 2.75) is 38.7 Å². The number of ether oxygens (including phenoxy) is 1. The van der Waals surface area contributed by atoms with E-state index in [4.69, 9.17) is 4.74 Å². The number of rotatable bonds is 0. The summed E-state index contributed by atoms with van der Waals surface area (Å²) in [5.74, 6) is -0.0498. The van der Waals surface area contributed by atoms with E-state index < -0.39 is 0 Å². The van der Waals surface area contributed by atoms with Crippen molar-refractivity contribution >= 4 is 5.97 Å². The van der Waals surface area contributed by atoms with Crippen molar-refractivity contribution in [2.75, 3.05) is 0 Å². The van der Waals surface area contributed by atoms with Gasteiger partial charge in [0.05, 0.1) is 0 Å². The van der Waals surface area contributed by atoms with Gasteiger partial charge in [0.25, 0.3) is 0 Å². The monoisotopic (exact) mass is 128 g/mol. The lowest BCUT2D eigenvalue weighted by molar-refractivity contribution is -0.162. The number of cyclic esters (lactones) is 1. The zero-order valence-corrected chi connectivity index (χ0v) is 5.94. The Morgan fingerprint density at radius 1 is 1.56 bits per heavy atom. The second kappa shape index (κ2) is 2.01. The van der Waals surface area contributed by atoms with Crippen LogP contribution < -0.4 is 0 Å². The van der Waals surface area contributed by atoms with Gasteiger partial charge in [-0.25, -0.2) is 0 Å². The summed E-state index contributed by atoms with van der Waals surface area (Å²) >= 11 is 0. The van der Waals surface area contributed by atoms with E-state index in [1.165, 1.54) is 0 Å². The quantitative estimate of drug-likeness (QED) is 0.462. The highest BCUT2D eigenvalue weighted by Crippen LogP contribution is 2.23. The lowest BCUT2D eigenvalue weighted by atomic mass is 9.98. The van der Waals surface area contributed by atoms with E-state index in [0.717, 1.165) is 12.8 Å². The highest BCUT2D eigenvalue weighted by molar-refractivity contribution is 5.70. The van der Waals surface area contributed by atoms with Crippen LogP contribution in [0.1, 0.15) is 33.1 Å². The largest absolute Gasteiger partial charge is 0.460 e. The Bertz CT molecular complexity index is 127. The normalized spacial score (nSPS) is 25.3. The minimum Gasteiger partial charge on any atom is -0.460 e. The van der Waals surface area contributed by atoms with Crippen LogP contribution >= 0.6 is 0 Å². The molecule has 0 N–H and O–H groups in total. The highest BCUT2D eigenvalue weighted by atomic mass is 16.6. The predicted molar refractivity (Wildman–Crippen MR) is 34.0 cm³/mol. The molecule has 2 heteroatoms. The molecule has 0 radical (unpaired) electrons. The topological polar surface area (TPSA) is 26.3 Å². The van der Waals surface area contributed by atoms with Crippen molar-refractivity contribution in [3.05, 3.63) is 0 Å². The van der Waals surface area contributed by atoms with Gasteiger partial charge in [-0.2, -0.15) is 0 Å². The molecule has 52 valence electrons. The van der Waals surface area contributed by atoms with Crippen LogP contribution in [0.25, 0.3) is 0 Å². The van der Waals surface area contributed by atoms with Crippen molar-refractivity contribution in [1.29, 1.82) is 0 Å². The Morgan fingerprint density at radius 3 is 2.56 bits per heavy atom. The second-order valence-electron chi connectivity index (χ2n) is 3.09. The first-order valence-electron chi connectivity index (χ1n) is 3.32. The van der Waals surface area contributed by atoms with Crippen molar-refractivity contribution in [3.63, 3.8) is 0 Å². The van der Waals surface area contributed by atoms with Crippen LogP contribution in [-0.2, 0) is 9.53 Å². The van der Waals surface area contributed by atoms with Crippen LogP contribution in [0.2, 0.25) is 0 Å². The third kappa shape index (κ3) is 1.70. The van der Waals surface area contributed by atoms with E-state index >= 15 is 0 Å². The first kappa shape index (κ1) is 6.59. The summed E-state index contributed by atoms with van der Waals surface area (Å²) in [7, 11) is 0. The molecule has 1 aliphatic heterocycles. The van der Waals surface area contributed by atoms with Gasteiger partial charge in [0, 0.05) is 6.42 Å². The molecule has 0 aromatic heterocycles. The number of carbonyl (C=O) groups excluding carboxylic acids is 1. The number of esters is 1. The molecule has 0 bridgehead atoms. The van der Waals surface area contributed by atoms with Crippen LogP contribution in [-0.4, -0.2) is 11.6 Å². The summed E-state index contributed by atoms with van der Waals surface area (Å²) in [6.45, 7) is 3.90. The lowest BCUT2D eigenvalue weighted by Crippen LogP contribution is -2.32. The van der Waals surface area contributed by atoms with E-state index in [2.05, 4.69) is 0 Å². The third-order valence-corrected chi connectivity index (χ3v) is 1.55. The van der Waals surface area contributed by atoms with Gasteiger partial charge in [0.1, 0.15) is 5.60 Å². The Labute approximate surface area is 55.2 Å². The Morgan fingerprint density at radius 2 is 2.22 bits per heavy atom. The molecule has 0 aromatic carbocycles. The summed E-state index contributed by atoms with van der Waals surface area (Å²) in [5.41, 5.74) is -0.199. The molecule has 0 aliphatic carbocycles. The van der Waals surface area contributed by atoms with Gasteiger partial charge in [-0.05, 0) is 26.7 Å². The number of hydrogen-bond acceptors (Lipinski definition) is 2. The standard InChI is InChI=1S/C7H12O2/c1-7(2)5-3-4-6(8)9-7/h3-5H2,1-2H3. The molecular formula is C7H12O2. The minimum atomic E-state index is -0.199. The molecule has 0 aromatic rings. The molecular weight excluding hydrogens is 116 g/mol. The van der Waals surface area contributed by atoms with Crippen molar-refractivity contribution in [1.82, 2.24) is 0 Å². The first-order valence-corrected chi connectivity index (χ1v) is 3.32. The van der Waals surface area contributed by atoms with Crippen LogP contribution in [0.4, 0.5) is 0 Å². The molecule has 1 aliphatic rings. The first-order chi connectivity index (χ1) is 4.10. The SMILES string of the molecule is CC1(C)CCCC(=O)O1. The van der Waals surface area contributed by atoms with Crippen LogP contribution in [0, 0.1) is 0 Å². The smallest absolute Gasteiger partial charge is 0.306 e. The van der Waals surface area contributed by atoms with Crippen LogP contribution in [0.5, 0.6) is 0 Å². The van der Waals surface area contributed by atoms with E-state index in [1.54, 1.807) is 0 Å². The highest BCUT2D eigenvalue weighted by Gasteiger charge is 2.26. The molecule has 0 atom stereocenters. The lowest BCUT2D eigenvalue weighted by Gasteiger charge is -2.28. The molecule has 1 fully saturated rings. The van der Waals surface area contributed by atoms with Crippen molar-refractivity contribution in [3.8, 4) is 0 Å². The Kier molecular flexibility index (Phi) is 1.47. The van der Waals surface area contributed by atoms with E-state index in [9.17, 15) is 4.79 Å². The fraction of sp³-hybridized carbons (Fsp3) is 0.857. The summed E-state index contributed by atoms with van der Waals surface area (Å²) < 4.78 is 5.03. The molecule has 2 nitrogen and oxygen atoms in total. The van der Waals surface area contributed by atoms with Gasteiger partial charge in [-0.15, -0.1) is 0 Å². The van der Waals surface area contributed by atoms with E-state index in [0.29, 0.717) is 6.42 Å². The van der Waals surface area contributed by atoms with Gasteiger partial charge < -0.3 is 4.74 Å². The number of carbonyl (C=O) groups is 1. The Balaban J connectivity index is 2.51. The average molecular weight is 128 g/mol. The maximum Gasteiger partial charge on any atom is 0.306 e. The van der Waals surface area contributed by atoms with E-state index in [-0.39, 0.29) is 11.6 Å². The minimum absolute atomic E-state index is 0.0498. The zero-order chi connectivity index (χ0) is 6.91. The number of hydrogen-bond donors (Lipinski definition) is 0. The maximum absolute atomic E-state index is 10.7. The van der Waals surface area contributed by atoms with Crippen molar-refractivity contribution in [2.24, 2.45) is 0 Å². The van der Waals surface area contributed by atoms with Crippen LogP contribution in [0.15, 0.2) is 0 Å². The fourth-order valence-electron chi connectivity index (χ4n) is 1.07. The molecule has 1 rings (SSSR count). The summed E-state index contributed by atoms with van der Waals surface area (Å²) in [4.78, 5) is 10.7. The summed E-state index contributed by atoms with van der Waals surface area (Å²) in [5, 5.41) is 0. The average Bonchev–Trinajstić information content (AvgIpc) is 1.60. The second-order valence-corrected chi connectivity index (χ2v) is 3.09. The molecule has 0 spiro atoms. The van der Waals surface area contributed by atoms with Crippen molar-refractivity contribution < 1.29 is 9.53 Å². The van der Waals surface area contributed by atoms with Gasteiger partial charge in [0.15, 0.2) is 0 Å². The predicted octanol–water partition coefficient (Wildman–Crippen LogP) is 1.49. The molecule has 0 amide bonds. The molecule has 0 saturated carbocycles. The Hall–Kier alpha value is -0.530. The van der Waals surface area contributed by atoms with Gasteiger partial charge in [0.2, 0.25) is 0 Å². The van der Waals surface area contributed by atoms with Gasteiger partial charge in [-0.3, -0.25) is 4.79 Å². The molecule has 1 saturated heterocycles. The van der Waals surface area contributed by atoms with E-state index in [1.807, 2.05) is 13.8 Å². The van der Waals surface area contributed by atoms with Gasteiger partial charge >= 0.3 is 5.97 Å². The zero-order valence-electron chi connectivity index (χ0n) is 5.94. The van der Waals surface area contributed by atoms with Gasteiger partial charge in [-0.1, -0.05) is 0 Å². The third-order valence-electron chi connectivity index (χ3n) is 1.55. The summed E-state index contributed by atoms with van der Waals surface area (Å²) in [6, 6.07) is 0. The summed E-state index contributed by atoms with van der Waals surface area (Å²) in [6.07, 6.45) is 2.58. The fourth-order valence-corrected chi connectivity index (χ4v) is 1.07. The molecule has 1 heterocycles. The molecule has 9 heavy (non-hydrogen) atoms. The van der Waals surface area contributed by atoms with Crippen LogP contribution in [0.3, 0.4) is 0 Å². The molecule has 0 unspecified atom stereocenters. The maximum atomic E-state index is 10.7.